The second kappa shape index (κ2) is 5.88. The van der Waals surface area contributed by atoms with Crippen molar-refractivity contribution < 1.29 is 0 Å². The van der Waals surface area contributed by atoms with Gasteiger partial charge >= 0.3 is 0 Å². The zero-order valence-corrected chi connectivity index (χ0v) is 13.3. The van der Waals surface area contributed by atoms with E-state index in [1.54, 1.807) is 0 Å². The minimum atomic E-state index is 0.541. The van der Waals surface area contributed by atoms with Gasteiger partial charge in [0.05, 0.1) is 0 Å². The first kappa shape index (κ1) is 14.0. The molecule has 0 N–H and O–H groups in total. The topological polar surface area (TPSA) is 29.0 Å². The Hall–Kier alpha value is -1.61. The van der Waals surface area contributed by atoms with Crippen LogP contribution in [0.4, 0.5) is 5.82 Å². The van der Waals surface area contributed by atoms with E-state index in [9.17, 15) is 0 Å². The average molecular weight is 314 g/mol. The van der Waals surface area contributed by atoms with Gasteiger partial charge in [-0.25, -0.2) is 9.97 Å². The van der Waals surface area contributed by atoms with Crippen LogP contribution in [0.5, 0.6) is 0 Å². The Morgan fingerprint density at radius 3 is 2.32 bits per heavy atom. The Balaban J connectivity index is 1.47. The van der Waals surface area contributed by atoms with Crippen LogP contribution in [-0.4, -0.2) is 23.1 Å². The Kier molecular flexibility index (Phi) is 3.75. The summed E-state index contributed by atoms with van der Waals surface area (Å²) >= 11 is 6.19. The Morgan fingerprint density at radius 2 is 1.64 bits per heavy atom. The molecule has 2 heterocycles. The van der Waals surface area contributed by atoms with Crippen molar-refractivity contribution in [2.45, 2.75) is 37.5 Å². The van der Waals surface area contributed by atoms with Crippen molar-refractivity contribution in [3.05, 3.63) is 52.9 Å². The van der Waals surface area contributed by atoms with Crippen LogP contribution in [0.25, 0.3) is 0 Å². The molecule has 22 heavy (non-hydrogen) atoms. The van der Waals surface area contributed by atoms with E-state index < -0.39 is 0 Å². The largest absolute Gasteiger partial charge is 0.356 e. The summed E-state index contributed by atoms with van der Waals surface area (Å²) in [6, 6.07) is 12.7. The molecule has 1 aliphatic heterocycles. The van der Waals surface area contributed by atoms with Gasteiger partial charge in [0.1, 0.15) is 16.8 Å². The van der Waals surface area contributed by atoms with Gasteiger partial charge in [0.25, 0.3) is 0 Å². The highest BCUT2D eigenvalue weighted by Crippen LogP contribution is 2.39. The van der Waals surface area contributed by atoms with E-state index in [1.807, 2.05) is 6.07 Å². The summed E-state index contributed by atoms with van der Waals surface area (Å²) in [7, 11) is 0. The Morgan fingerprint density at radius 1 is 0.909 bits per heavy atom. The van der Waals surface area contributed by atoms with E-state index in [-0.39, 0.29) is 0 Å². The van der Waals surface area contributed by atoms with Gasteiger partial charge in [-0.1, -0.05) is 41.9 Å². The fourth-order valence-corrected chi connectivity index (χ4v) is 3.46. The van der Waals surface area contributed by atoms with Crippen molar-refractivity contribution in [2.75, 3.05) is 18.0 Å². The average Bonchev–Trinajstić information content (AvgIpc) is 3.40. The van der Waals surface area contributed by atoms with Crippen LogP contribution in [0.2, 0.25) is 5.15 Å². The first-order valence-electron chi connectivity index (χ1n) is 8.14. The molecule has 3 nitrogen and oxygen atoms in total. The highest BCUT2D eigenvalue weighted by atomic mass is 35.5. The number of halogens is 1. The second-order valence-electron chi connectivity index (χ2n) is 6.35. The molecule has 0 radical (unpaired) electrons. The van der Waals surface area contributed by atoms with Crippen LogP contribution in [0.15, 0.2) is 36.4 Å². The lowest BCUT2D eigenvalue weighted by Gasteiger charge is -2.33. The molecule has 2 aromatic rings. The number of aromatic nitrogens is 2. The van der Waals surface area contributed by atoms with Crippen molar-refractivity contribution in [2.24, 2.45) is 0 Å². The van der Waals surface area contributed by atoms with Crippen LogP contribution in [-0.2, 0) is 0 Å². The van der Waals surface area contributed by atoms with Gasteiger partial charge in [0.15, 0.2) is 0 Å². The lowest BCUT2D eigenvalue weighted by atomic mass is 9.89. The third-order valence-corrected chi connectivity index (χ3v) is 4.92. The third-order valence-electron chi connectivity index (χ3n) is 4.73. The van der Waals surface area contributed by atoms with Gasteiger partial charge in [-0.15, -0.1) is 0 Å². The zero-order valence-electron chi connectivity index (χ0n) is 12.6. The number of nitrogens with zero attached hydrogens (tertiary/aromatic N) is 3. The van der Waals surface area contributed by atoms with Gasteiger partial charge in [0, 0.05) is 25.1 Å². The van der Waals surface area contributed by atoms with Crippen LogP contribution in [0, 0.1) is 0 Å². The van der Waals surface area contributed by atoms with Gasteiger partial charge < -0.3 is 4.90 Å². The molecule has 0 amide bonds. The molecule has 0 spiro atoms. The van der Waals surface area contributed by atoms with E-state index in [2.05, 4.69) is 40.2 Å². The summed E-state index contributed by atoms with van der Waals surface area (Å²) in [6.45, 7) is 2.08. The van der Waals surface area contributed by atoms with Crippen molar-refractivity contribution in [1.29, 1.82) is 0 Å². The van der Waals surface area contributed by atoms with Crippen molar-refractivity contribution in [3.8, 4) is 0 Å². The number of anilines is 1. The predicted octanol–water partition coefficient (Wildman–Crippen LogP) is 4.39. The fourth-order valence-electron chi connectivity index (χ4n) is 3.28. The first-order valence-corrected chi connectivity index (χ1v) is 8.52. The van der Waals surface area contributed by atoms with E-state index in [0.717, 1.165) is 24.7 Å². The Bertz CT molecular complexity index is 647. The minimum Gasteiger partial charge on any atom is -0.356 e. The van der Waals surface area contributed by atoms with Crippen LogP contribution >= 0.6 is 11.6 Å². The summed E-state index contributed by atoms with van der Waals surface area (Å²) in [5.74, 6) is 3.15. The maximum absolute atomic E-state index is 6.19. The third kappa shape index (κ3) is 2.95. The monoisotopic (exact) mass is 313 g/mol. The second-order valence-corrected chi connectivity index (χ2v) is 6.74. The maximum Gasteiger partial charge on any atom is 0.135 e. The molecule has 1 aliphatic carbocycles. The lowest BCUT2D eigenvalue weighted by Crippen LogP contribution is -2.33. The van der Waals surface area contributed by atoms with Gasteiger partial charge in [-0.3, -0.25) is 0 Å². The maximum atomic E-state index is 6.19. The molecule has 1 aromatic carbocycles. The summed E-state index contributed by atoms with van der Waals surface area (Å²) < 4.78 is 0. The molecule has 1 saturated carbocycles. The van der Waals surface area contributed by atoms with Crippen LogP contribution < -0.4 is 4.90 Å². The molecule has 2 aliphatic rings. The minimum absolute atomic E-state index is 0.541. The van der Waals surface area contributed by atoms with Gasteiger partial charge in [-0.2, -0.15) is 0 Å². The van der Waals surface area contributed by atoms with Gasteiger partial charge in [0.2, 0.25) is 0 Å². The highest BCUT2D eigenvalue weighted by Gasteiger charge is 2.28. The number of piperidine rings is 1. The molecule has 2 fully saturated rings. The molecule has 1 aromatic heterocycles. The van der Waals surface area contributed by atoms with Gasteiger partial charge in [-0.05, 0) is 37.2 Å². The number of hydrogen-bond acceptors (Lipinski definition) is 3. The lowest BCUT2D eigenvalue weighted by molar-refractivity contribution is 0.502. The fraction of sp³-hybridized carbons (Fsp3) is 0.444. The number of benzene rings is 1. The molecule has 0 atom stereocenters. The molecular formula is C18H20ClN3. The van der Waals surface area contributed by atoms with Crippen molar-refractivity contribution in [1.82, 2.24) is 9.97 Å². The van der Waals surface area contributed by atoms with E-state index in [0.29, 0.717) is 17.0 Å². The summed E-state index contributed by atoms with van der Waals surface area (Å²) in [5, 5.41) is 0.581. The normalized spacial score (nSPS) is 19.4. The summed E-state index contributed by atoms with van der Waals surface area (Å²) in [4.78, 5) is 11.5. The molecular weight excluding hydrogens is 294 g/mol. The van der Waals surface area contributed by atoms with Crippen molar-refractivity contribution >= 4 is 17.4 Å². The first-order chi connectivity index (χ1) is 10.8. The molecule has 4 heteroatoms. The standard InChI is InChI=1S/C18H20ClN3/c19-16-12-17(21-18(20-16)15-6-7-15)22-10-8-14(9-11-22)13-4-2-1-3-5-13/h1-5,12,14-15H,6-11H2. The van der Waals surface area contributed by atoms with E-state index >= 15 is 0 Å². The molecule has 0 bridgehead atoms. The summed E-state index contributed by atoms with van der Waals surface area (Å²) in [5.41, 5.74) is 1.46. The molecule has 0 unspecified atom stereocenters. The highest BCUT2D eigenvalue weighted by molar-refractivity contribution is 6.29. The Labute approximate surface area is 136 Å². The molecule has 114 valence electrons. The molecule has 1 saturated heterocycles. The van der Waals surface area contributed by atoms with Crippen molar-refractivity contribution in [3.63, 3.8) is 0 Å². The van der Waals surface area contributed by atoms with Crippen LogP contribution in [0.1, 0.15) is 48.9 Å². The smallest absolute Gasteiger partial charge is 0.135 e. The van der Waals surface area contributed by atoms with E-state index in [4.69, 9.17) is 16.6 Å². The zero-order chi connectivity index (χ0) is 14.9. The number of hydrogen-bond donors (Lipinski definition) is 0. The van der Waals surface area contributed by atoms with Crippen LogP contribution in [0.3, 0.4) is 0 Å². The number of rotatable bonds is 3. The quantitative estimate of drug-likeness (QED) is 0.787. The SMILES string of the molecule is Clc1cc(N2CCC(c3ccccc3)CC2)nc(C2CC2)n1. The van der Waals surface area contributed by atoms with E-state index in [1.165, 1.54) is 31.2 Å². The predicted molar refractivity (Wildman–Crippen MR) is 89.6 cm³/mol. The molecule has 4 rings (SSSR count). The summed E-state index contributed by atoms with van der Waals surface area (Å²) in [6.07, 6.45) is 4.75.